The average Bonchev–Trinajstić information content (AvgIpc) is 2.71. The van der Waals surface area contributed by atoms with Crippen LogP contribution in [-0.2, 0) is 9.59 Å². The maximum Gasteiger partial charge on any atom is 0.247 e. The van der Waals surface area contributed by atoms with Crippen LogP contribution >= 0.6 is 0 Å². The lowest BCUT2D eigenvalue weighted by molar-refractivity contribution is -0.125. The van der Waals surface area contributed by atoms with Crippen molar-refractivity contribution in [1.82, 2.24) is 5.32 Å². The number of carbonyl (C=O) groups is 2. The smallest absolute Gasteiger partial charge is 0.247 e. The molecule has 88 valence electrons. The summed E-state index contributed by atoms with van der Waals surface area (Å²) in [6, 6.07) is 9.57. The van der Waals surface area contributed by atoms with Crippen LogP contribution in [0.3, 0.4) is 0 Å². The molecule has 4 nitrogen and oxygen atoms in total. The highest BCUT2D eigenvalue weighted by atomic mass is 16.2. The van der Waals surface area contributed by atoms with Crippen molar-refractivity contribution < 1.29 is 9.59 Å². The van der Waals surface area contributed by atoms with E-state index in [-0.39, 0.29) is 5.91 Å². The van der Waals surface area contributed by atoms with Crippen LogP contribution in [0.4, 0.5) is 0 Å². The van der Waals surface area contributed by atoms with Crippen molar-refractivity contribution in [2.45, 2.75) is 18.4 Å². The minimum absolute atomic E-state index is 0.137. The highest BCUT2D eigenvalue weighted by Gasteiger charge is 2.40. The van der Waals surface area contributed by atoms with E-state index in [1.54, 1.807) is 12.2 Å². The second kappa shape index (κ2) is 4.41. The molecule has 1 saturated heterocycles. The Hall–Kier alpha value is -2.10. The Labute approximate surface area is 99.5 Å². The Balaban J connectivity index is 2.23. The van der Waals surface area contributed by atoms with Gasteiger partial charge in [0.1, 0.15) is 5.54 Å². The van der Waals surface area contributed by atoms with Crippen molar-refractivity contribution in [2.75, 3.05) is 0 Å². The van der Waals surface area contributed by atoms with E-state index in [1.165, 1.54) is 0 Å². The third-order valence-electron chi connectivity index (χ3n) is 2.91. The van der Waals surface area contributed by atoms with E-state index in [0.29, 0.717) is 12.8 Å². The van der Waals surface area contributed by atoms with E-state index in [9.17, 15) is 9.59 Å². The number of hydrogen-bond donors (Lipinski definition) is 2. The number of nitrogens with two attached hydrogens (primary N) is 1. The molecule has 1 unspecified atom stereocenters. The minimum atomic E-state index is -1.02. The molecule has 3 N–H and O–H groups in total. The topological polar surface area (TPSA) is 72.2 Å². The van der Waals surface area contributed by atoms with Crippen LogP contribution in [0.15, 0.2) is 36.4 Å². The molecular weight excluding hydrogens is 216 g/mol. The first-order chi connectivity index (χ1) is 8.12. The first kappa shape index (κ1) is 11.4. The van der Waals surface area contributed by atoms with Crippen LogP contribution < -0.4 is 11.1 Å². The van der Waals surface area contributed by atoms with Crippen molar-refractivity contribution in [2.24, 2.45) is 5.73 Å². The lowest BCUT2D eigenvalue weighted by atomic mass is 9.95. The van der Waals surface area contributed by atoms with Gasteiger partial charge in [-0.1, -0.05) is 36.4 Å². The highest BCUT2D eigenvalue weighted by Crippen LogP contribution is 2.22. The Morgan fingerprint density at radius 2 is 2.06 bits per heavy atom. The summed E-state index contributed by atoms with van der Waals surface area (Å²) in [6.45, 7) is 0. The van der Waals surface area contributed by atoms with E-state index in [1.807, 2.05) is 30.3 Å². The van der Waals surface area contributed by atoms with Gasteiger partial charge in [0.05, 0.1) is 0 Å². The predicted molar refractivity (Wildman–Crippen MR) is 64.8 cm³/mol. The van der Waals surface area contributed by atoms with Crippen LogP contribution in [0.1, 0.15) is 18.4 Å². The third-order valence-corrected chi connectivity index (χ3v) is 2.91. The van der Waals surface area contributed by atoms with E-state index < -0.39 is 11.4 Å². The van der Waals surface area contributed by atoms with Gasteiger partial charge >= 0.3 is 0 Å². The maximum absolute atomic E-state index is 11.4. The maximum atomic E-state index is 11.4. The Morgan fingerprint density at radius 1 is 1.35 bits per heavy atom. The summed E-state index contributed by atoms with van der Waals surface area (Å²) in [4.78, 5) is 22.7. The first-order valence-electron chi connectivity index (χ1n) is 5.48. The molecule has 0 aromatic heterocycles. The summed E-state index contributed by atoms with van der Waals surface area (Å²) in [5.74, 6) is -0.656. The Morgan fingerprint density at radius 3 is 2.59 bits per heavy atom. The van der Waals surface area contributed by atoms with Crippen molar-refractivity contribution in [3.63, 3.8) is 0 Å². The molecule has 0 bridgehead atoms. The monoisotopic (exact) mass is 230 g/mol. The molecule has 1 heterocycles. The summed E-state index contributed by atoms with van der Waals surface area (Å²) in [5, 5.41) is 2.64. The number of rotatable bonds is 3. The summed E-state index contributed by atoms with van der Waals surface area (Å²) < 4.78 is 0. The Kier molecular flexibility index (Phi) is 2.95. The Bertz CT molecular complexity index is 468. The van der Waals surface area contributed by atoms with Gasteiger partial charge in [0.25, 0.3) is 0 Å². The molecule has 1 aromatic carbocycles. The SMILES string of the molecule is NC(=O)C1(C=Cc2ccccc2)CCC(=O)N1. The average molecular weight is 230 g/mol. The number of nitrogens with one attached hydrogen (secondary N) is 1. The van der Waals surface area contributed by atoms with Gasteiger partial charge in [-0.3, -0.25) is 9.59 Å². The van der Waals surface area contributed by atoms with Crippen molar-refractivity contribution in [1.29, 1.82) is 0 Å². The molecule has 0 aliphatic carbocycles. The number of hydrogen-bond acceptors (Lipinski definition) is 2. The van der Waals surface area contributed by atoms with Gasteiger partial charge in [-0.2, -0.15) is 0 Å². The quantitative estimate of drug-likeness (QED) is 0.807. The number of benzene rings is 1. The zero-order valence-electron chi connectivity index (χ0n) is 9.35. The van der Waals surface area contributed by atoms with Gasteiger partial charge in [0.2, 0.25) is 11.8 Å². The predicted octanol–water partition coefficient (Wildman–Crippen LogP) is 0.834. The molecule has 1 fully saturated rings. The largest absolute Gasteiger partial charge is 0.367 e. The van der Waals surface area contributed by atoms with Crippen LogP contribution in [-0.4, -0.2) is 17.4 Å². The second-order valence-corrected chi connectivity index (χ2v) is 4.13. The van der Waals surface area contributed by atoms with Crippen LogP contribution in [0.2, 0.25) is 0 Å². The van der Waals surface area contributed by atoms with Crippen LogP contribution in [0, 0.1) is 0 Å². The van der Waals surface area contributed by atoms with E-state index in [2.05, 4.69) is 5.32 Å². The van der Waals surface area contributed by atoms with Gasteiger partial charge in [0, 0.05) is 6.42 Å². The fourth-order valence-electron chi connectivity index (χ4n) is 1.88. The number of carbonyl (C=O) groups excluding carboxylic acids is 2. The first-order valence-corrected chi connectivity index (χ1v) is 5.48. The molecule has 1 atom stereocenters. The lowest BCUT2D eigenvalue weighted by Gasteiger charge is -2.20. The molecule has 4 heteroatoms. The number of primary amides is 1. The van der Waals surface area contributed by atoms with E-state index in [0.717, 1.165) is 5.56 Å². The van der Waals surface area contributed by atoms with Crippen molar-refractivity contribution in [3.05, 3.63) is 42.0 Å². The lowest BCUT2D eigenvalue weighted by Crippen LogP contribution is -2.50. The van der Waals surface area contributed by atoms with Gasteiger partial charge < -0.3 is 11.1 Å². The van der Waals surface area contributed by atoms with E-state index >= 15 is 0 Å². The van der Waals surface area contributed by atoms with Crippen molar-refractivity contribution in [3.8, 4) is 0 Å². The molecule has 2 rings (SSSR count). The van der Waals surface area contributed by atoms with Gasteiger partial charge in [0.15, 0.2) is 0 Å². The minimum Gasteiger partial charge on any atom is -0.367 e. The standard InChI is InChI=1S/C13H14N2O2/c14-12(17)13(9-7-11(16)15-13)8-6-10-4-2-1-3-5-10/h1-6,8H,7,9H2,(H2,14,17)(H,15,16). The molecule has 1 aliphatic heterocycles. The summed E-state index contributed by atoms with van der Waals surface area (Å²) in [7, 11) is 0. The molecule has 1 aliphatic rings. The van der Waals surface area contributed by atoms with Crippen molar-refractivity contribution >= 4 is 17.9 Å². The fraction of sp³-hybridized carbons (Fsp3) is 0.231. The molecule has 2 amide bonds. The zero-order valence-corrected chi connectivity index (χ0v) is 9.35. The fourth-order valence-corrected chi connectivity index (χ4v) is 1.88. The zero-order chi connectivity index (χ0) is 12.3. The molecule has 17 heavy (non-hydrogen) atoms. The summed E-state index contributed by atoms with van der Waals surface area (Å²) >= 11 is 0. The molecular formula is C13H14N2O2. The summed E-state index contributed by atoms with van der Waals surface area (Å²) in [5.41, 5.74) is 5.30. The molecule has 0 radical (unpaired) electrons. The van der Waals surface area contributed by atoms with Gasteiger partial charge in [-0.15, -0.1) is 0 Å². The molecule has 0 saturated carbocycles. The highest BCUT2D eigenvalue weighted by molar-refractivity contribution is 5.96. The molecule has 1 aromatic rings. The van der Waals surface area contributed by atoms with E-state index in [4.69, 9.17) is 5.73 Å². The van der Waals surface area contributed by atoms with Gasteiger partial charge in [-0.05, 0) is 18.1 Å². The number of amides is 2. The summed E-state index contributed by atoms with van der Waals surface area (Å²) in [6.07, 6.45) is 4.23. The third kappa shape index (κ3) is 2.36. The second-order valence-electron chi connectivity index (χ2n) is 4.13. The normalized spacial score (nSPS) is 23.9. The van der Waals surface area contributed by atoms with Crippen LogP contribution in [0.5, 0.6) is 0 Å². The molecule has 0 spiro atoms. The van der Waals surface area contributed by atoms with Crippen LogP contribution in [0.25, 0.3) is 6.08 Å². The van der Waals surface area contributed by atoms with Gasteiger partial charge in [-0.25, -0.2) is 0 Å².